The third kappa shape index (κ3) is 2.39. The maximum atomic E-state index is 12.0. The molecule has 80 valence electrons. The normalized spacial score (nSPS) is 15.5. The van der Waals surface area contributed by atoms with Crippen molar-refractivity contribution in [1.29, 1.82) is 0 Å². The van der Waals surface area contributed by atoms with E-state index in [1.807, 2.05) is 0 Å². The Hall–Kier alpha value is -0.740. The third-order valence-electron chi connectivity index (χ3n) is 1.04. The van der Waals surface area contributed by atoms with Gasteiger partial charge in [0, 0.05) is 0 Å². The van der Waals surface area contributed by atoms with Gasteiger partial charge < -0.3 is 0 Å². The molecular formula is C4H4F3N3O2S2. The molecule has 5 nitrogen and oxygen atoms in total. The van der Waals surface area contributed by atoms with Crippen molar-refractivity contribution in [3.63, 3.8) is 0 Å². The monoisotopic (exact) mass is 247 g/mol. The van der Waals surface area contributed by atoms with Crippen molar-refractivity contribution < 1.29 is 21.9 Å². The summed E-state index contributed by atoms with van der Waals surface area (Å²) in [5, 5.41) is 6.81. The van der Waals surface area contributed by atoms with Crippen LogP contribution < -0.4 is 0 Å². The van der Waals surface area contributed by atoms with Gasteiger partial charge in [-0.2, -0.15) is 8.78 Å². The summed E-state index contributed by atoms with van der Waals surface area (Å²) in [5.74, 6) is -3.54. The van der Waals surface area contributed by atoms with Crippen LogP contribution in [0.25, 0.3) is 0 Å². The summed E-state index contributed by atoms with van der Waals surface area (Å²) in [6.07, 6.45) is 0. The minimum absolute atomic E-state index is 0.314. The zero-order valence-electron chi connectivity index (χ0n) is 6.69. The van der Waals surface area contributed by atoms with E-state index in [-0.39, 0.29) is 5.13 Å². The molecule has 0 aliphatic rings. The van der Waals surface area contributed by atoms with Gasteiger partial charge in [-0.25, -0.2) is 4.21 Å². The minimum atomic E-state index is -4.65. The Kier molecular flexibility index (Phi) is 3.39. The van der Waals surface area contributed by atoms with Crippen molar-refractivity contribution in [2.45, 2.75) is 12.7 Å². The molecule has 0 saturated heterocycles. The molecule has 1 aromatic rings. The standard InChI is InChI=1S/C4H4F3N3O2S2/c1-2-8-9-4(13-2)10-14(11,12-7)3(5)6/h3H,1H3. The zero-order valence-corrected chi connectivity index (χ0v) is 8.32. The van der Waals surface area contributed by atoms with Crippen LogP contribution in [-0.4, -0.2) is 20.2 Å². The van der Waals surface area contributed by atoms with E-state index in [9.17, 15) is 17.5 Å². The topological polar surface area (TPSA) is 64.4 Å². The maximum absolute atomic E-state index is 12.0. The van der Waals surface area contributed by atoms with E-state index < -0.39 is 15.8 Å². The second-order valence-corrected chi connectivity index (χ2v) is 4.89. The Labute approximate surface area is 81.2 Å². The summed E-state index contributed by atoms with van der Waals surface area (Å²) < 4.78 is 52.0. The van der Waals surface area contributed by atoms with E-state index in [0.29, 0.717) is 5.01 Å². The van der Waals surface area contributed by atoms with Crippen LogP contribution in [0.2, 0.25) is 0 Å². The molecule has 0 aromatic carbocycles. The van der Waals surface area contributed by atoms with Crippen LogP contribution in [0.1, 0.15) is 5.01 Å². The number of hydrogen-bond acceptors (Lipinski definition) is 6. The van der Waals surface area contributed by atoms with Crippen molar-refractivity contribution in [2.24, 2.45) is 4.36 Å². The molecule has 14 heavy (non-hydrogen) atoms. The summed E-state index contributed by atoms with van der Waals surface area (Å²) >= 11 is 0.799. The highest BCUT2D eigenvalue weighted by atomic mass is 32.2. The number of hydrogen-bond donors (Lipinski definition) is 0. The lowest BCUT2D eigenvalue weighted by Crippen LogP contribution is -2.10. The first-order chi connectivity index (χ1) is 6.48. The Morgan fingerprint density at radius 3 is 2.57 bits per heavy atom. The second-order valence-electron chi connectivity index (χ2n) is 2.03. The quantitative estimate of drug-likeness (QED) is 0.819. The minimum Gasteiger partial charge on any atom is -0.212 e. The number of aromatic nitrogens is 2. The molecule has 1 aromatic heterocycles. The van der Waals surface area contributed by atoms with Gasteiger partial charge in [0.2, 0.25) is 5.13 Å². The lowest BCUT2D eigenvalue weighted by Gasteiger charge is -1.99. The predicted molar refractivity (Wildman–Crippen MR) is 43.1 cm³/mol. The molecule has 1 heterocycles. The predicted octanol–water partition coefficient (Wildman–Crippen LogP) is 1.98. The highest BCUT2D eigenvalue weighted by Gasteiger charge is 2.25. The van der Waals surface area contributed by atoms with Gasteiger partial charge in [0.05, 0.1) is 0 Å². The van der Waals surface area contributed by atoms with Gasteiger partial charge in [-0.3, -0.25) is 0 Å². The number of alkyl halides is 2. The van der Waals surface area contributed by atoms with E-state index >= 15 is 0 Å². The van der Waals surface area contributed by atoms with Gasteiger partial charge in [0.15, 0.2) is 0 Å². The SMILES string of the molecule is Cc1nnc(N=S(=O)(OF)C(F)F)s1. The van der Waals surface area contributed by atoms with Gasteiger partial charge in [0.1, 0.15) is 5.01 Å². The van der Waals surface area contributed by atoms with Crippen LogP contribution in [0.5, 0.6) is 0 Å². The van der Waals surface area contributed by atoms with Gasteiger partial charge in [-0.05, 0) is 11.4 Å². The van der Waals surface area contributed by atoms with Gasteiger partial charge >= 0.3 is 5.76 Å². The first-order valence-electron chi connectivity index (χ1n) is 3.12. The molecule has 1 unspecified atom stereocenters. The zero-order chi connectivity index (χ0) is 10.8. The lowest BCUT2D eigenvalue weighted by molar-refractivity contribution is -0.000955. The van der Waals surface area contributed by atoms with E-state index in [1.54, 1.807) is 0 Å². The van der Waals surface area contributed by atoms with Crippen LogP contribution in [0.15, 0.2) is 4.36 Å². The number of aryl methyl sites for hydroxylation is 1. The van der Waals surface area contributed by atoms with Crippen molar-refractivity contribution in [1.82, 2.24) is 10.2 Å². The Balaban J connectivity index is 3.13. The molecular weight excluding hydrogens is 243 g/mol. The smallest absolute Gasteiger partial charge is 0.212 e. The molecule has 10 heteroatoms. The molecule has 0 aliphatic heterocycles. The van der Waals surface area contributed by atoms with E-state index in [4.69, 9.17) is 0 Å². The van der Waals surface area contributed by atoms with Crippen molar-refractivity contribution in [3.8, 4) is 0 Å². The van der Waals surface area contributed by atoms with Crippen LogP contribution >= 0.6 is 11.3 Å². The molecule has 0 aliphatic carbocycles. The Morgan fingerprint density at radius 1 is 1.57 bits per heavy atom. The summed E-state index contributed by atoms with van der Waals surface area (Å²) in [6.45, 7) is 1.54. The first-order valence-corrected chi connectivity index (χ1v) is 5.44. The van der Waals surface area contributed by atoms with E-state index in [1.165, 1.54) is 6.92 Å². The molecule has 0 amide bonds. The van der Waals surface area contributed by atoms with Crippen LogP contribution in [0, 0.1) is 6.92 Å². The molecule has 0 radical (unpaired) electrons. The van der Waals surface area contributed by atoms with Gasteiger partial charge in [-0.15, -0.1) is 14.6 Å². The van der Waals surface area contributed by atoms with E-state index in [2.05, 4.69) is 18.9 Å². The molecule has 0 N–H and O–H groups in total. The summed E-state index contributed by atoms with van der Waals surface area (Å²) in [7, 11) is -4.65. The molecule has 0 fully saturated rings. The van der Waals surface area contributed by atoms with Crippen LogP contribution in [0.3, 0.4) is 0 Å². The lowest BCUT2D eigenvalue weighted by atomic mass is 10.9. The molecule has 0 spiro atoms. The highest BCUT2D eigenvalue weighted by molar-refractivity contribution is 7.89. The summed E-state index contributed by atoms with van der Waals surface area (Å²) in [4.78, 5) is 0. The van der Waals surface area contributed by atoms with Crippen LogP contribution in [0.4, 0.5) is 18.4 Å². The molecule has 0 saturated carbocycles. The van der Waals surface area contributed by atoms with Crippen molar-refractivity contribution in [2.75, 3.05) is 0 Å². The van der Waals surface area contributed by atoms with Crippen molar-refractivity contribution >= 4 is 26.5 Å². The average molecular weight is 247 g/mol. The van der Waals surface area contributed by atoms with Gasteiger partial charge in [0.25, 0.3) is 10.0 Å². The second kappa shape index (κ2) is 4.19. The first kappa shape index (κ1) is 11.3. The molecule has 1 rings (SSSR count). The van der Waals surface area contributed by atoms with Crippen molar-refractivity contribution in [3.05, 3.63) is 5.01 Å². The number of halogens is 3. The van der Waals surface area contributed by atoms with Crippen LogP contribution in [-0.2, 0) is 14.4 Å². The fraction of sp³-hybridized carbons (Fsp3) is 0.500. The average Bonchev–Trinajstić information content (AvgIpc) is 2.50. The Bertz CT molecular complexity index is 425. The summed E-state index contributed by atoms with van der Waals surface area (Å²) in [5.41, 5.74) is 0. The van der Waals surface area contributed by atoms with Gasteiger partial charge in [-0.1, -0.05) is 15.7 Å². The maximum Gasteiger partial charge on any atom is 0.346 e. The fourth-order valence-corrected chi connectivity index (χ4v) is 1.82. The molecule has 0 bridgehead atoms. The number of rotatable bonds is 3. The highest BCUT2D eigenvalue weighted by Crippen LogP contribution is 2.23. The largest absolute Gasteiger partial charge is 0.346 e. The third-order valence-corrected chi connectivity index (χ3v) is 2.94. The summed E-state index contributed by atoms with van der Waals surface area (Å²) in [6, 6.07) is 0. The number of nitrogens with zero attached hydrogens (tertiary/aromatic N) is 3. The Morgan fingerprint density at radius 2 is 2.21 bits per heavy atom. The molecule has 1 atom stereocenters. The fourth-order valence-electron chi connectivity index (χ4n) is 0.513. The van der Waals surface area contributed by atoms with E-state index in [0.717, 1.165) is 11.3 Å².